The predicted octanol–water partition coefficient (Wildman–Crippen LogP) is 3.09. The topological polar surface area (TPSA) is 0 Å². The standard InChI is InChI=1S/C11H9F3/c12-11(13,14)10-5-3-7(4-6-10)8-1-2-9(8)10/h1-9H. The molecule has 4 rings (SSSR count). The van der Waals surface area contributed by atoms with Gasteiger partial charge in [-0.2, -0.15) is 13.2 Å². The summed E-state index contributed by atoms with van der Waals surface area (Å²) in [5, 5.41) is 0. The van der Waals surface area contributed by atoms with Crippen LogP contribution < -0.4 is 0 Å². The van der Waals surface area contributed by atoms with Crippen molar-refractivity contribution in [1.29, 1.82) is 0 Å². The van der Waals surface area contributed by atoms with Gasteiger partial charge in [-0.1, -0.05) is 36.5 Å². The van der Waals surface area contributed by atoms with E-state index in [1.807, 2.05) is 6.08 Å². The number of hydrogen-bond donors (Lipinski definition) is 0. The lowest BCUT2D eigenvalue weighted by Crippen LogP contribution is -2.52. The van der Waals surface area contributed by atoms with E-state index in [1.54, 1.807) is 18.2 Å². The zero-order valence-electron chi connectivity index (χ0n) is 7.33. The second kappa shape index (κ2) is 2.15. The lowest BCUT2D eigenvalue weighted by atomic mass is 9.53. The van der Waals surface area contributed by atoms with Crippen molar-refractivity contribution in [2.45, 2.75) is 6.18 Å². The summed E-state index contributed by atoms with van der Waals surface area (Å²) in [5.41, 5.74) is -1.71. The van der Waals surface area contributed by atoms with Gasteiger partial charge in [-0.25, -0.2) is 0 Å². The molecule has 3 heteroatoms. The lowest BCUT2D eigenvalue weighted by molar-refractivity contribution is -0.211. The summed E-state index contributed by atoms with van der Waals surface area (Å²) in [6.45, 7) is 0. The molecular weight excluding hydrogens is 189 g/mol. The maximum atomic E-state index is 12.9. The van der Waals surface area contributed by atoms with Gasteiger partial charge in [-0.3, -0.25) is 0 Å². The first-order valence-electron chi connectivity index (χ1n) is 4.68. The summed E-state index contributed by atoms with van der Waals surface area (Å²) in [6, 6.07) is 0. The first-order valence-corrected chi connectivity index (χ1v) is 4.68. The van der Waals surface area contributed by atoms with Crippen LogP contribution in [0, 0.1) is 23.2 Å². The fourth-order valence-corrected chi connectivity index (χ4v) is 2.71. The van der Waals surface area contributed by atoms with Gasteiger partial charge >= 0.3 is 6.18 Å². The van der Waals surface area contributed by atoms with E-state index in [0.717, 1.165) is 0 Å². The average molecular weight is 198 g/mol. The Balaban J connectivity index is 2.14. The van der Waals surface area contributed by atoms with Crippen molar-refractivity contribution < 1.29 is 13.2 Å². The maximum absolute atomic E-state index is 12.9. The summed E-state index contributed by atoms with van der Waals surface area (Å²) < 4.78 is 38.8. The monoisotopic (exact) mass is 198 g/mol. The van der Waals surface area contributed by atoms with Gasteiger partial charge < -0.3 is 0 Å². The number of hydrogen-bond acceptors (Lipinski definition) is 0. The van der Waals surface area contributed by atoms with E-state index in [0.29, 0.717) is 0 Å². The van der Waals surface area contributed by atoms with Crippen molar-refractivity contribution in [3.63, 3.8) is 0 Å². The fourth-order valence-electron chi connectivity index (χ4n) is 2.71. The SMILES string of the molecule is FC(F)(F)C12C=CC(C=C1)C1C=CC12. The molecule has 2 bridgehead atoms. The maximum Gasteiger partial charge on any atom is 0.401 e. The third kappa shape index (κ3) is 0.725. The summed E-state index contributed by atoms with van der Waals surface area (Å²) >= 11 is 0. The van der Waals surface area contributed by atoms with E-state index in [-0.39, 0.29) is 17.8 Å². The Morgan fingerprint density at radius 2 is 1.57 bits per heavy atom. The van der Waals surface area contributed by atoms with E-state index in [4.69, 9.17) is 0 Å². The minimum Gasteiger partial charge on any atom is -0.170 e. The van der Waals surface area contributed by atoms with E-state index < -0.39 is 11.6 Å². The van der Waals surface area contributed by atoms with Crippen molar-refractivity contribution in [3.8, 4) is 0 Å². The van der Waals surface area contributed by atoms with Crippen molar-refractivity contribution in [2.24, 2.45) is 23.2 Å². The highest BCUT2D eigenvalue weighted by Gasteiger charge is 2.62. The molecular formula is C11H9F3. The lowest BCUT2D eigenvalue weighted by Gasteiger charge is -2.51. The van der Waals surface area contributed by atoms with Gasteiger partial charge in [0.15, 0.2) is 0 Å². The third-order valence-corrected chi connectivity index (χ3v) is 3.63. The van der Waals surface area contributed by atoms with Crippen molar-refractivity contribution in [1.82, 2.24) is 0 Å². The first kappa shape index (κ1) is 8.33. The first-order chi connectivity index (χ1) is 6.55. The highest BCUT2D eigenvalue weighted by atomic mass is 19.4. The molecule has 2 atom stereocenters. The Labute approximate surface area is 79.8 Å². The van der Waals surface area contributed by atoms with Gasteiger partial charge in [-0.05, 0) is 5.92 Å². The Hall–Kier alpha value is -0.990. The minimum absolute atomic E-state index is 0.0756. The van der Waals surface area contributed by atoms with Crippen LogP contribution >= 0.6 is 0 Å². The van der Waals surface area contributed by atoms with E-state index in [9.17, 15) is 13.2 Å². The fraction of sp³-hybridized carbons (Fsp3) is 0.455. The van der Waals surface area contributed by atoms with Gasteiger partial charge in [0.05, 0.1) is 0 Å². The molecule has 2 unspecified atom stereocenters. The van der Waals surface area contributed by atoms with Gasteiger partial charge in [0.1, 0.15) is 5.41 Å². The summed E-state index contributed by atoms with van der Waals surface area (Å²) in [7, 11) is 0. The zero-order valence-corrected chi connectivity index (χ0v) is 7.33. The van der Waals surface area contributed by atoms with Gasteiger partial charge in [0, 0.05) is 11.8 Å². The molecule has 0 amide bonds. The molecule has 74 valence electrons. The molecule has 0 aliphatic heterocycles. The van der Waals surface area contributed by atoms with Gasteiger partial charge in [0.2, 0.25) is 0 Å². The third-order valence-electron chi connectivity index (χ3n) is 3.63. The zero-order chi connectivity index (χ0) is 9.97. The van der Waals surface area contributed by atoms with Crippen LogP contribution in [0.15, 0.2) is 36.5 Å². The Morgan fingerprint density at radius 3 is 1.93 bits per heavy atom. The van der Waals surface area contributed by atoms with Crippen LogP contribution in [0.3, 0.4) is 0 Å². The molecule has 0 saturated heterocycles. The van der Waals surface area contributed by atoms with Crippen molar-refractivity contribution in [2.75, 3.05) is 0 Å². The quantitative estimate of drug-likeness (QED) is 0.525. The molecule has 0 radical (unpaired) electrons. The second-order valence-corrected chi connectivity index (χ2v) is 4.21. The van der Waals surface area contributed by atoms with E-state index in [1.165, 1.54) is 12.2 Å². The number of halogens is 3. The Morgan fingerprint density at radius 1 is 0.929 bits per heavy atom. The van der Waals surface area contributed by atoms with Crippen molar-refractivity contribution >= 4 is 0 Å². The van der Waals surface area contributed by atoms with Crippen LogP contribution in [0.4, 0.5) is 13.2 Å². The summed E-state index contributed by atoms with van der Waals surface area (Å²) in [4.78, 5) is 0. The molecule has 4 aliphatic rings. The van der Waals surface area contributed by atoms with Gasteiger partial charge in [-0.15, -0.1) is 0 Å². The predicted molar refractivity (Wildman–Crippen MR) is 46.4 cm³/mol. The van der Waals surface area contributed by atoms with Crippen LogP contribution in [0.5, 0.6) is 0 Å². The van der Waals surface area contributed by atoms with Crippen LogP contribution in [0.1, 0.15) is 0 Å². The number of allylic oxidation sites excluding steroid dienone is 6. The smallest absolute Gasteiger partial charge is 0.170 e. The molecule has 0 spiro atoms. The average Bonchev–Trinajstić information content (AvgIpc) is 2.02. The normalized spacial score (nSPS) is 47.8. The molecule has 4 aliphatic carbocycles. The van der Waals surface area contributed by atoms with Crippen LogP contribution in [0.25, 0.3) is 0 Å². The van der Waals surface area contributed by atoms with Crippen LogP contribution in [0.2, 0.25) is 0 Å². The highest BCUT2D eigenvalue weighted by molar-refractivity contribution is 5.39. The molecule has 0 aromatic carbocycles. The molecule has 14 heavy (non-hydrogen) atoms. The van der Waals surface area contributed by atoms with E-state index in [2.05, 4.69) is 0 Å². The molecule has 0 fully saturated rings. The summed E-state index contributed by atoms with van der Waals surface area (Å²) in [5.74, 6) is -0.0941. The largest absolute Gasteiger partial charge is 0.401 e. The minimum atomic E-state index is -4.17. The van der Waals surface area contributed by atoms with Crippen LogP contribution in [-0.4, -0.2) is 6.18 Å². The number of alkyl halides is 3. The molecule has 0 aromatic heterocycles. The Bertz CT molecular complexity index is 345. The number of rotatable bonds is 0. The van der Waals surface area contributed by atoms with Crippen molar-refractivity contribution in [3.05, 3.63) is 36.5 Å². The Kier molecular flexibility index (Phi) is 1.28. The van der Waals surface area contributed by atoms with Crippen LogP contribution in [-0.2, 0) is 0 Å². The van der Waals surface area contributed by atoms with E-state index >= 15 is 0 Å². The van der Waals surface area contributed by atoms with Gasteiger partial charge in [0.25, 0.3) is 0 Å². The molecule has 0 saturated carbocycles. The summed E-state index contributed by atoms with van der Waals surface area (Å²) in [6.07, 6.45) is 5.47. The highest BCUT2D eigenvalue weighted by Crippen LogP contribution is 2.60. The molecule has 0 aromatic rings. The molecule has 0 heterocycles. The second-order valence-electron chi connectivity index (χ2n) is 4.21. The molecule has 0 N–H and O–H groups in total. The molecule has 0 nitrogen and oxygen atoms in total.